The summed E-state index contributed by atoms with van der Waals surface area (Å²) in [4.78, 5) is 0. The lowest BCUT2D eigenvalue weighted by atomic mass is 10.1. The summed E-state index contributed by atoms with van der Waals surface area (Å²) < 4.78 is 13.0. The molecule has 0 bridgehead atoms. The lowest BCUT2D eigenvalue weighted by Gasteiger charge is -2.15. The van der Waals surface area contributed by atoms with Gasteiger partial charge in [-0.05, 0) is 25.0 Å². The Hall–Kier alpha value is -1.55. The number of rotatable bonds is 2. The van der Waals surface area contributed by atoms with Crippen LogP contribution < -0.4 is 4.74 Å². The second-order valence-corrected chi connectivity index (χ2v) is 3.97. The topological polar surface area (TPSA) is 35.8 Å². The number of aromatic nitrogens is 2. The van der Waals surface area contributed by atoms with Crippen molar-refractivity contribution in [2.75, 3.05) is 13.7 Å². The molecule has 1 atom stereocenters. The van der Waals surface area contributed by atoms with E-state index in [1.54, 1.807) is 13.3 Å². The number of pyridine rings is 1. The molecule has 0 aliphatic carbocycles. The van der Waals surface area contributed by atoms with Crippen LogP contribution in [0.5, 0.6) is 5.75 Å². The van der Waals surface area contributed by atoms with Crippen LogP contribution in [0.4, 0.5) is 0 Å². The van der Waals surface area contributed by atoms with Crippen LogP contribution in [0.25, 0.3) is 5.52 Å². The zero-order valence-corrected chi connectivity index (χ0v) is 9.22. The largest absolute Gasteiger partial charge is 0.494 e. The molecule has 1 aliphatic rings. The second-order valence-electron chi connectivity index (χ2n) is 3.97. The Morgan fingerprint density at radius 2 is 2.44 bits per heavy atom. The number of fused-ring (bicyclic) bond motifs is 1. The quantitative estimate of drug-likeness (QED) is 0.775. The molecule has 0 N–H and O–H groups in total. The van der Waals surface area contributed by atoms with E-state index in [1.807, 2.05) is 22.8 Å². The highest BCUT2D eigenvalue weighted by atomic mass is 16.5. The molecule has 0 radical (unpaired) electrons. The van der Waals surface area contributed by atoms with Gasteiger partial charge in [0.1, 0.15) is 11.3 Å². The third kappa shape index (κ3) is 1.38. The average Bonchev–Trinajstić information content (AvgIpc) is 2.97. The van der Waals surface area contributed by atoms with E-state index in [1.165, 1.54) is 0 Å². The van der Waals surface area contributed by atoms with Gasteiger partial charge in [0.05, 0.1) is 19.4 Å². The summed E-state index contributed by atoms with van der Waals surface area (Å²) in [5, 5.41) is 4.19. The van der Waals surface area contributed by atoms with Crippen molar-refractivity contribution < 1.29 is 9.47 Å². The Morgan fingerprint density at radius 3 is 3.19 bits per heavy atom. The molecular weight excluding hydrogens is 204 g/mol. The molecule has 4 heteroatoms. The summed E-state index contributed by atoms with van der Waals surface area (Å²) in [6.07, 6.45) is 6.10. The van der Waals surface area contributed by atoms with Crippen LogP contribution in [-0.2, 0) is 4.74 Å². The summed E-state index contributed by atoms with van der Waals surface area (Å²) in [7, 11) is 1.70. The minimum atomic E-state index is 0.176. The van der Waals surface area contributed by atoms with Gasteiger partial charge in [0.25, 0.3) is 0 Å². The first-order chi connectivity index (χ1) is 7.90. The standard InChI is InChI=1S/C12H14N2O2/c1-15-12-9(11-3-2-8-16-11)5-7-14-10(12)4-6-13-14/h4-7,11H,2-3,8H2,1H3. The molecule has 0 amide bonds. The maximum atomic E-state index is 5.70. The van der Waals surface area contributed by atoms with Gasteiger partial charge in [-0.1, -0.05) is 0 Å². The molecule has 3 rings (SSSR count). The van der Waals surface area contributed by atoms with Crippen molar-refractivity contribution in [3.8, 4) is 5.75 Å². The van der Waals surface area contributed by atoms with E-state index in [0.29, 0.717) is 0 Å². The molecule has 1 fully saturated rings. The highest BCUT2D eigenvalue weighted by molar-refractivity contribution is 5.63. The maximum absolute atomic E-state index is 5.70. The van der Waals surface area contributed by atoms with Crippen molar-refractivity contribution in [2.45, 2.75) is 18.9 Å². The van der Waals surface area contributed by atoms with E-state index in [9.17, 15) is 0 Å². The molecule has 2 aromatic heterocycles. The van der Waals surface area contributed by atoms with Gasteiger partial charge in [-0.2, -0.15) is 5.10 Å². The Kier molecular flexibility index (Phi) is 2.29. The Bertz CT molecular complexity index is 501. The normalized spacial score (nSPS) is 20.4. The van der Waals surface area contributed by atoms with E-state index in [4.69, 9.17) is 9.47 Å². The van der Waals surface area contributed by atoms with Crippen molar-refractivity contribution in [2.24, 2.45) is 0 Å². The van der Waals surface area contributed by atoms with Crippen LogP contribution in [0, 0.1) is 0 Å². The minimum absolute atomic E-state index is 0.176. The van der Waals surface area contributed by atoms with Gasteiger partial charge in [-0.15, -0.1) is 0 Å². The van der Waals surface area contributed by atoms with Crippen LogP contribution in [0.3, 0.4) is 0 Å². The highest BCUT2D eigenvalue weighted by Gasteiger charge is 2.22. The van der Waals surface area contributed by atoms with E-state index < -0.39 is 0 Å². The van der Waals surface area contributed by atoms with Crippen LogP contribution >= 0.6 is 0 Å². The van der Waals surface area contributed by atoms with Crippen LogP contribution in [0.2, 0.25) is 0 Å². The van der Waals surface area contributed by atoms with Gasteiger partial charge in [0, 0.05) is 18.4 Å². The number of nitrogens with zero attached hydrogens (tertiary/aromatic N) is 2. The molecule has 16 heavy (non-hydrogen) atoms. The molecule has 0 spiro atoms. The SMILES string of the molecule is COc1c(C2CCCO2)ccn2nccc12. The number of hydrogen-bond acceptors (Lipinski definition) is 3. The van der Waals surface area contributed by atoms with Crippen molar-refractivity contribution >= 4 is 5.52 Å². The van der Waals surface area contributed by atoms with Crippen LogP contribution in [0.15, 0.2) is 24.5 Å². The fraction of sp³-hybridized carbons (Fsp3) is 0.417. The molecule has 2 aromatic rings. The summed E-state index contributed by atoms with van der Waals surface area (Å²) in [6.45, 7) is 0.845. The summed E-state index contributed by atoms with van der Waals surface area (Å²) in [5.41, 5.74) is 2.13. The van der Waals surface area contributed by atoms with E-state index >= 15 is 0 Å². The number of methoxy groups -OCH3 is 1. The van der Waals surface area contributed by atoms with Crippen molar-refractivity contribution in [1.82, 2.24) is 9.61 Å². The Labute approximate surface area is 93.8 Å². The van der Waals surface area contributed by atoms with Gasteiger partial charge in [-0.25, -0.2) is 4.52 Å². The predicted molar refractivity (Wildman–Crippen MR) is 59.7 cm³/mol. The number of hydrogen-bond donors (Lipinski definition) is 0. The predicted octanol–water partition coefficient (Wildman–Crippen LogP) is 2.19. The molecule has 84 valence electrons. The number of ether oxygens (including phenoxy) is 2. The fourth-order valence-electron chi connectivity index (χ4n) is 2.29. The van der Waals surface area contributed by atoms with Gasteiger partial charge < -0.3 is 9.47 Å². The highest BCUT2D eigenvalue weighted by Crippen LogP contribution is 2.36. The molecule has 0 saturated carbocycles. The van der Waals surface area contributed by atoms with Gasteiger partial charge in [0.2, 0.25) is 0 Å². The van der Waals surface area contributed by atoms with E-state index in [2.05, 4.69) is 5.10 Å². The summed E-state index contributed by atoms with van der Waals surface area (Å²) >= 11 is 0. The monoisotopic (exact) mass is 218 g/mol. The third-order valence-corrected chi connectivity index (χ3v) is 3.04. The summed E-state index contributed by atoms with van der Waals surface area (Å²) in [5.74, 6) is 0.881. The lowest BCUT2D eigenvalue weighted by molar-refractivity contribution is 0.109. The average molecular weight is 218 g/mol. The van der Waals surface area contributed by atoms with E-state index in [0.717, 1.165) is 36.3 Å². The van der Waals surface area contributed by atoms with Crippen molar-refractivity contribution in [1.29, 1.82) is 0 Å². The Morgan fingerprint density at radius 1 is 1.50 bits per heavy atom. The molecule has 0 aromatic carbocycles. The maximum Gasteiger partial charge on any atom is 0.150 e. The first-order valence-corrected chi connectivity index (χ1v) is 5.52. The van der Waals surface area contributed by atoms with Crippen LogP contribution in [-0.4, -0.2) is 23.3 Å². The second kappa shape index (κ2) is 3.79. The van der Waals surface area contributed by atoms with Gasteiger partial charge in [-0.3, -0.25) is 0 Å². The molecule has 3 heterocycles. The first kappa shape index (κ1) is 9.66. The van der Waals surface area contributed by atoms with Crippen molar-refractivity contribution in [3.63, 3.8) is 0 Å². The molecule has 1 saturated heterocycles. The zero-order valence-electron chi connectivity index (χ0n) is 9.22. The Balaban J connectivity index is 2.15. The van der Waals surface area contributed by atoms with Gasteiger partial charge >= 0.3 is 0 Å². The fourth-order valence-corrected chi connectivity index (χ4v) is 2.29. The van der Waals surface area contributed by atoms with E-state index in [-0.39, 0.29) is 6.10 Å². The summed E-state index contributed by atoms with van der Waals surface area (Å²) in [6, 6.07) is 3.99. The molecule has 1 aliphatic heterocycles. The van der Waals surface area contributed by atoms with Crippen LogP contribution in [0.1, 0.15) is 24.5 Å². The minimum Gasteiger partial charge on any atom is -0.494 e. The lowest BCUT2D eigenvalue weighted by Crippen LogP contribution is -2.02. The molecule has 4 nitrogen and oxygen atoms in total. The first-order valence-electron chi connectivity index (χ1n) is 5.52. The smallest absolute Gasteiger partial charge is 0.150 e. The van der Waals surface area contributed by atoms with Crippen molar-refractivity contribution in [3.05, 3.63) is 30.1 Å². The zero-order chi connectivity index (χ0) is 11.0. The molecule has 1 unspecified atom stereocenters. The van der Waals surface area contributed by atoms with Gasteiger partial charge in [0.15, 0.2) is 0 Å². The molecular formula is C12H14N2O2. The third-order valence-electron chi connectivity index (χ3n) is 3.04.